The first-order valence-corrected chi connectivity index (χ1v) is 4.57. The Bertz CT molecular complexity index is 234. The van der Waals surface area contributed by atoms with E-state index in [0.29, 0.717) is 0 Å². The summed E-state index contributed by atoms with van der Waals surface area (Å²) in [5, 5.41) is 10.0. The number of imidazole rings is 1. The van der Waals surface area contributed by atoms with Crippen LogP contribution in [0.3, 0.4) is 0 Å². The Morgan fingerprint density at radius 2 is 2.45 bits per heavy atom. The van der Waals surface area contributed by atoms with Gasteiger partial charge in [0.2, 0.25) is 5.88 Å². The minimum absolute atomic E-state index is 0.226. The molecule has 1 heterocycles. The quantitative estimate of drug-likeness (QED) is 0.704. The van der Waals surface area contributed by atoms with E-state index >= 15 is 0 Å². The first-order chi connectivity index (χ1) is 5.25. The molecule has 0 fully saturated rings. The molecule has 0 spiro atoms. The number of thioether (sulfide) groups is 1. The first-order valence-electron chi connectivity index (χ1n) is 3.59. The van der Waals surface area contributed by atoms with Crippen LogP contribution in [0.5, 0.6) is 5.88 Å². The molecule has 1 aromatic rings. The summed E-state index contributed by atoms with van der Waals surface area (Å²) in [6.07, 6.45) is 2.59. The lowest BCUT2D eigenvalue weighted by atomic mass is 10.6. The first kappa shape index (κ1) is 8.46. The number of hydrogen-bond donors (Lipinski definition) is 1. The number of rotatable bonds is 3. The molecule has 0 amide bonds. The van der Waals surface area contributed by atoms with Gasteiger partial charge in [-0.05, 0) is 6.42 Å². The molecule has 0 saturated carbocycles. The zero-order chi connectivity index (χ0) is 8.27. The fourth-order valence-corrected chi connectivity index (χ4v) is 1.51. The summed E-state index contributed by atoms with van der Waals surface area (Å²) in [5.41, 5.74) is 0. The van der Waals surface area contributed by atoms with Crippen molar-refractivity contribution in [3.8, 4) is 5.88 Å². The SMILES string of the molecule is CCCSc1ncc(O)n1C. The Morgan fingerprint density at radius 3 is 2.91 bits per heavy atom. The lowest BCUT2D eigenvalue weighted by molar-refractivity contribution is 0.425. The van der Waals surface area contributed by atoms with Gasteiger partial charge in [-0.2, -0.15) is 0 Å². The van der Waals surface area contributed by atoms with Gasteiger partial charge in [0, 0.05) is 12.8 Å². The van der Waals surface area contributed by atoms with Gasteiger partial charge < -0.3 is 5.11 Å². The fourth-order valence-electron chi connectivity index (χ4n) is 0.712. The lowest BCUT2D eigenvalue weighted by Gasteiger charge is -1.99. The Morgan fingerprint density at radius 1 is 1.73 bits per heavy atom. The van der Waals surface area contributed by atoms with Crippen LogP contribution < -0.4 is 0 Å². The summed E-state index contributed by atoms with van der Waals surface area (Å²) in [7, 11) is 1.81. The van der Waals surface area contributed by atoms with E-state index in [1.807, 2.05) is 0 Å². The standard InChI is InChI=1S/C7H12N2OS/c1-3-4-11-7-8-5-6(10)9(7)2/h5,10H,3-4H2,1-2H3. The molecule has 4 heteroatoms. The molecule has 0 saturated heterocycles. The second-order valence-electron chi connectivity index (χ2n) is 2.31. The number of aromatic hydroxyl groups is 1. The third kappa shape index (κ3) is 1.89. The van der Waals surface area contributed by atoms with Crippen molar-refractivity contribution in [2.75, 3.05) is 5.75 Å². The van der Waals surface area contributed by atoms with Gasteiger partial charge in [0.15, 0.2) is 5.16 Å². The molecule has 0 aliphatic heterocycles. The number of hydrogen-bond acceptors (Lipinski definition) is 3. The topological polar surface area (TPSA) is 38.1 Å². The highest BCUT2D eigenvalue weighted by Crippen LogP contribution is 2.20. The van der Waals surface area contributed by atoms with Gasteiger partial charge in [0.25, 0.3) is 0 Å². The second kappa shape index (κ2) is 3.67. The second-order valence-corrected chi connectivity index (χ2v) is 3.37. The third-order valence-electron chi connectivity index (χ3n) is 1.36. The van der Waals surface area contributed by atoms with Gasteiger partial charge in [0.1, 0.15) is 0 Å². The molecule has 0 unspecified atom stereocenters. The Hall–Kier alpha value is -0.640. The maximum Gasteiger partial charge on any atom is 0.211 e. The van der Waals surface area contributed by atoms with Crippen LogP contribution in [0.4, 0.5) is 0 Å². The minimum Gasteiger partial charge on any atom is -0.493 e. The summed E-state index contributed by atoms with van der Waals surface area (Å²) >= 11 is 1.66. The zero-order valence-corrected chi connectivity index (χ0v) is 7.56. The summed E-state index contributed by atoms with van der Waals surface area (Å²) in [4.78, 5) is 4.03. The van der Waals surface area contributed by atoms with E-state index in [1.54, 1.807) is 23.4 Å². The molecule has 0 bridgehead atoms. The highest BCUT2D eigenvalue weighted by Gasteiger charge is 2.03. The maximum atomic E-state index is 9.13. The van der Waals surface area contributed by atoms with Crippen molar-refractivity contribution in [3.05, 3.63) is 6.20 Å². The van der Waals surface area contributed by atoms with E-state index in [4.69, 9.17) is 5.11 Å². The van der Waals surface area contributed by atoms with Gasteiger partial charge in [0.05, 0.1) is 6.20 Å². The normalized spacial score (nSPS) is 10.4. The van der Waals surface area contributed by atoms with Gasteiger partial charge in [-0.15, -0.1) is 0 Å². The van der Waals surface area contributed by atoms with Crippen LogP contribution in [0.25, 0.3) is 0 Å². The molecule has 0 radical (unpaired) electrons. The lowest BCUT2D eigenvalue weighted by Crippen LogP contribution is -1.90. The van der Waals surface area contributed by atoms with E-state index in [2.05, 4.69) is 11.9 Å². The molecule has 11 heavy (non-hydrogen) atoms. The van der Waals surface area contributed by atoms with Crippen molar-refractivity contribution in [2.24, 2.45) is 7.05 Å². The van der Waals surface area contributed by atoms with Crippen molar-refractivity contribution < 1.29 is 5.11 Å². The van der Waals surface area contributed by atoms with Crippen molar-refractivity contribution >= 4 is 11.8 Å². The average Bonchev–Trinajstić information content (AvgIpc) is 2.31. The van der Waals surface area contributed by atoms with E-state index in [0.717, 1.165) is 17.3 Å². The largest absolute Gasteiger partial charge is 0.493 e. The highest BCUT2D eigenvalue weighted by molar-refractivity contribution is 7.99. The van der Waals surface area contributed by atoms with Crippen molar-refractivity contribution in [3.63, 3.8) is 0 Å². The third-order valence-corrected chi connectivity index (χ3v) is 2.61. The van der Waals surface area contributed by atoms with Gasteiger partial charge >= 0.3 is 0 Å². The molecule has 1 aromatic heterocycles. The van der Waals surface area contributed by atoms with Crippen LogP contribution in [0.15, 0.2) is 11.4 Å². The van der Waals surface area contributed by atoms with Crippen molar-refractivity contribution in [2.45, 2.75) is 18.5 Å². The molecule has 0 atom stereocenters. The van der Waals surface area contributed by atoms with Crippen LogP contribution in [0.1, 0.15) is 13.3 Å². The van der Waals surface area contributed by atoms with Crippen molar-refractivity contribution in [1.82, 2.24) is 9.55 Å². The summed E-state index contributed by atoms with van der Waals surface area (Å²) in [6, 6.07) is 0. The minimum atomic E-state index is 0.226. The highest BCUT2D eigenvalue weighted by atomic mass is 32.2. The average molecular weight is 172 g/mol. The van der Waals surface area contributed by atoms with E-state index in [-0.39, 0.29) is 5.88 Å². The van der Waals surface area contributed by atoms with Gasteiger partial charge in [-0.1, -0.05) is 18.7 Å². The molecule has 0 aliphatic rings. The van der Waals surface area contributed by atoms with Gasteiger partial charge in [-0.25, -0.2) is 4.98 Å². The van der Waals surface area contributed by atoms with Crippen LogP contribution in [-0.4, -0.2) is 20.4 Å². The monoisotopic (exact) mass is 172 g/mol. The Kier molecular flexibility index (Phi) is 2.82. The molecule has 1 N–H and O–H groups in total. The van der Waals surface area contributed by atoms with E-state index in [1.165, 1.54) is 6.20 Å². The molecular formula is C7H12N2OS. The van der Waals surface area contributed by atoms with E-state index in [9.17, 15) is 0 Å². The molecule has 62 valence electrons. The van der Waals surface area contributed by atoms with Gasteiger partial charge in [-0.3, -0.25) is 4.57 Å². The molecule has 0 aliphatic carbocycles. The summed E-state index contributed by atoms with van der Waals surface area (Å²) in [6.45, 7) is 2.12. The fraction of sp³-hybridized carbons (Fsp3) is 0.571. The van der Waals surface area contributed by atoms with Crippen LogP contribution in [0, 0.1) is 0 Å². The number of nitrogens with zero attached hydrogens (tertiary/aromatic N) is 2. The maximum absolute atomic E-state index is 9.13. The Balaban J connectivity index is 2.63. The molecule has 3 nitrogen and oxygen atoms in total. The molecule has 0 aromatic carbocycles. The Labute approximate surface area is 70.4 Å². The van der Waals surface area contributed by atoms with E-state index < -0.39 is 0 Å². The summed E-state index contributed by atoms with van der Waals surface area (Å²) in [5.74, 6) is 1.27. The predicted molar refractivity (Wildman–Crippen MR) is 45.9 cm³/mol. The molecule has 1 rings (SSSR count). The van der Waals surface area contributed by atoms with Crippen LogP contribution in [0.2, 0.25) is 0 Å². The number of aromatic nitrogens is 2. The van der Waals surface area contributed by atoms with Crippen LogP contribution >= 0.6 is 11.8 Å². The molecular weight excluding hydrogens is 160 g/mol. The van der Waals surface area contributed by atoms with Crippen molar-refractivity contribution in [1.29, 1.82) is 0 Å². The summed E-state index contributed by atoms with van der Waals surface area (Å²) < 4.78 is 1.68. The van der Waals surface area contributed by atoms with Crippen LogP contribution in [-0.2, 0) is 7.05 Å². The smallest absolute Gasteiger partial charge is 0.211 e. The zero-order valence-electron chi connectivity index (χ0n) is 6.74. The predicted octanol–water partition coefficient (Wildman–Crippen LogP) is 1.63.